The van der Waals surface area contributed by atoms with Crippen LogP contribution in [-0.2, 0) is 4.79 Å². The summed E-state index contributed by atoms with van der Waals surface area (Å²) in [6.07, 6.45) is 0. The number of carbonyl (C=O) groups is 2. The highest BCUT2D eigenvalue weighted by Crippen LogP contribution is 2.59. The van der Waals surface area contributed by atoms with Gasteiger partial charge >= 0.3 is 5.97 Å². The van der Waals surface area contributed by atoms with E-state index in [0.29, 0.717) is 10.6 Å². The summed E-state index contributed by atoms with van der Waals surface area (Å²) in [5.74, 6) is -3.00. The lowest BCUT2D eigenvalue weighted by atomic mass is 10.0. The number of benzene rings is 1. The molecular formula is C13H12Cl2O4. The molecule has 0 heterocycles. The van der Waals surface area contributed by atoms with Gasteiger partial charge in [0.15, 0.2) is 5.78 Å². The molecule has 1 aromatic rings. The average molecular weight is 303 g/mol. The van der Waals surface area contributed by atoms with Gasteiger partial charge in [0.05, 0.1) is 22.6 Å². The van der Waals surface area contributed by atoms with E-state index in [0.717, 1.165) is 0 Å². The molecule has 2 rings (SSSR count). The molecule has 102 valence electrons. The lowest BCUT2D eigenvalue weighted by Crippen LogP contribution is -2.12. The van der Waals surface area contributed by atoms with Crippen molar-refractivity contribution in [3.05, 3.63) is 33.8 Å². The molecule has 1 fully saturated rings. The van der Waals surface area contributed by atoms with E-state index in [1.807, 2.05) is 0 Å². The molecule has 0 bridgehead atoms. The van der Waals surface area contributed by atoms with Crippen LogP contribution in [0, 0.1) is 17.3 Å². The molecule has 4 nitrogen and oxygen atoms in total. The number of aliphatic hydroxyl groups excluding tert-OH is 1. The Balaban J connectivity index is 2.30. The van der Waals surface area contributed by atoms with Crippen LogP contribution in [-0.4, -0.2) is 28.6 Å². The summed E-state index contributed by atoms with van der Waals surface area (Å²) in [6, 6.07) is 4.42. The zero-order valence-electron chi connectivity index (χ0n) is 10.1. The number of rotatable bonds is 4. The Morgan fingerprint density at radius 3 is 2.32 bits per heavy atom. The molecule has 19 heavy (non-hydrogen) atoms. The summed E-state index contributed by atoms with van der Waals surface area (Å²) in [5, 5.41) is 18.9. The normalized spacial score (nSPS) is 29.1. The van der Waals surface area contributed by atoms with Crippen molar-refractivity contribution in [3.8, 4) is 0 Å². The van der Waals surface area contributed by atoms with Crippen LogP contribution in [0.15, 0.2) is 18.2 Å². The highest BCUT2D eigenvalue weighted by atomic mass is 35.5. The van der Waals surface area contributed by atoms with Gasteiger partial charge in [0.1, 0.15) is 0 Å². The molecule has 0 aliphatic heterocycles. The summed E-state index contributed by atoms with van der Waals surface area (Å²) >= 11 is 11.6. The van der Waals surface area contributed by atoms with Crippen LogP contribution in [0.25, 0.3) is 0 Å². The summed E-state index contributed by atoms with van der Waals surface area (Å²) in [7, 11) is 0. The van der Waals surface area contributed by atoms with E-state index in [-0.39, 0.29) is 17.4 Å². The predicted octanol–water partition coefficient (Wildman–Crippen LogP) is 2.51. The van der Waals surface area contributed by atoms with Crippen molar-refractivity contribution in [1.82, 2.24) is 0 Å². The van der Waals surface area contributed by atoms with E-state index in [4.69, 9.17) is 28.3 Å². The maximum Gasteiger partial charge on any atom is 0.307 e. The van der Waals surface area contributed by atoms with Gasteiger partial charge in [-0.05, 0) is 18.2 Å². The molecule has 1 aromatic carbocycles. The fraction of sp³-hybridized carbons (Fsp3) is 0.385. The number of carbonyl (C=O) groups excluding carboxylic acids is 1. The first kappa shape index (κ1) is 14.3. The van der Waals surface area contributed by atoms with Crippen molar-refractivity contribution >= 4 is 35.0 Å². The van der Waals surface area contributed by atoms with Crippen molar-refractivity contribution in [1.29, 1.82) is 0 Å². The predicted molar refractivity (Wildman–Crippen MR) is 70.6 cm³/mol. The first-order valence-corrected chi connectivity index (χ1v) is 6.41. The third kappa shape index (κ3) is 2.24. The molecule has 1 unspecified atom stereocenters. The Morgan fingerprint density at radius 2 is 1.89 bits per heavy atom. The van der Waals surface area contributed by atoms with E-state index in [9.17, 15) is 14.7 Å². The Hall–Kier alpha value is -1.10. The van der Waals surface area contributed by atoms with Crippen LogP contribution in [0.5, 0.6) is 0 Å². The largest absolute Gasteiger partial charge is 0.481 e. The number of ketones is 1. The number of carboxylic acid groups (broad SMARTS) is 1. The highest BCUT2D eigenvalue weighted by molar-refractivity contribution is 6.42. The van der Waals surface area contributed by atoms with Gasteiger partial charge in [-0.25, -0.2) is 0 Å². The van der Waals surface area contributed by atoms with E-state index in [1.54, 1.807) is 6.92 Å². The standard InChI is InChI=1S/C13H12Cl2O4/c1-13(5-16)9(10(13)12(18)19)11(17)6-2-3-7(14)8(15)4-6/h2-4,9-10,16H,5H2,1H3,(H,18,19)/t9-,10?,13+/m1/s1. The van der Waals surface area contributed by atoms with Crippen LogP contribution >= 0.6 is 23.2 Å². The third-order valence-electron chi connectivity index (χ3n) is 3.74. The summed E-state index contributed by atoms with van der Waals surface area (Å²) in [4.78, 5) is 23.4. The van der Waals surface area contributed by atoms with Crippen LogP contribution in [0.3, 0.4) is 0 Å². The van der Waals surface area contributed by atoms with Gasteiger partial charge in [0.25, 0.3) is 0 Å². The van der Waals surface area contributed by atoms with Crippen molar-refractivity contribution in [2.24, 2.45) is 17.3 Å². The molecule has 3 atom stereocenters. The van der Waals surface area contributed by atoms with E-state index in [2.05, 4.69) is 0 Å². The molecule has 1 saturated carbocycles. The Bertz CT molecular complexity index is 558. The topological polar surface area (TPSA) is 74.6 Å². The second-order valence-electron chi connectivity index (χ2n) is 4.95. The number of aliphatic hydroxyl groups is 1. The van der Waals surface area contributed by atoms with Gasteiger partial charge in [0, 0.05) is 16.9 Å². The quantitative estimate of drug-likeness (QED) is 0.838. The van der Waals surface area contributed by atoms with E-state index in [1.165, 1.54) is 18.2 Å². The first-order chi connectivity index (χ1) is 8.82. The molecule has 0 aromatic heterocycles. The molecule has 1 aliphatic carbocycles. The number of aliphatic carboxylic acids is 1. The van der Waals surface area contributed by atoms with E-state index < -0.39 is 23.2 Å². The van der Waals surface area contributed by atoms with Gasteiger partial charge in [-0.15, -0.1) is 0 Å². The smallest absolute Gasteiger partial charge is 0.307 e. The van der Waals surface area contributed by atoms with Gasteiger partial charge in [-0.1, -0.05) is 30.1 Å². The summed E-state index contributed by atoms with van der Waals surface area (Å²) in [6.45, 7) is 1.24. The Labute approximate surface area is 119 Å². The van der Waals surface area contributed by atoms with Crippen LogP contribution < -0.4 is 0 Å². The van der Waals surface area contributed by atoms with Crippen LogP contribution in [0.1, 0.15) is 17.3 Å². The monoisotopic (exact) mass is 302 g/mol. The summed E-state index contributed by atoms with van der Waals surface area (Å²) < 4.78 is 0. The average Bonchev–Trinajstić information content (AvgIpc) is 2.99. The highest BCUT2D eigenvalue weighted by Gasteiger charge is 2.68. The van der Waals surface area contributed by atoms with E-state index >= 15 is 0 Å². The third-order valence-corrected chi connectivity index (χ3v) is 4.48. The number of Topliss-reactive ketones (excluding diaryl/α,β-unsaturated/α-hetero) is 1. The van der Waals surface area contributed by atoms with Gasteiger partial charge in [-0.2, -0.15) is 0 Å². The maximum absolute atomic E-state index is 12.3. The number of halogens is 2. The van der Waals surface area contributed by atoms with Crippen LogP contribution in [0.2, 0.25) is 10.0 Å². The number of carboxylic acids is 1. The van der Waals surface area contributed by atoms with Gasteiger partial charge in [0.2, 0.25) is 0 Å². The molecule has 0 radical (unpaired) electrons. The Kier molecular flexibility index (Phi) is 3.60. The SMILES string of the molecule is C[C@@]1(CO)C(C(=O)O)[C@@H]1C(=O)c1ccc(Cl)c(Cl)c1. The second kappa shape index (κ2) is 4.78. The fourth-order valence-corrected chi connectivity index (χ4v) is 2.76. The minimum absolute atomic E-state index is 0.241. The maximum atomic E-state index is 12.3. The second-order valence-corrected chi connectivity index (χ2v) is 5.77. The fourth-order valence-electron chi connectivity index (χ4n) is 2.47. The zero-order chi connectivity index (χ0) is 14.4. The molecular weight excluding hydrogens is 291 g/mol. The zero-order valence-corrected chi connectivity index (χ0v) is 11.6. The molecule has 1 aliphatic rings. The Morgan fingerprint density at radius 1 is 1.26 bits per heavy atom. The minimum atomic E-state index is -1.07. The molecule has 6 heteroatoms. The molecule has 0 spiro atoms. The first-order valence-electron chi connectivity index (χ1n) is 5.66. The lowest BCUT2D eigenvalue weighted by Gasteiger charge is -2.06. The number of hydrogen-bond acceptors (Lipinski definition) is 3. The number of hydrogen-bond donors (Lipinski definition) is 2. The van der Waals surface area contributed by atoms with Crippen molar-refractivity contribution in [2.45, 2.75) is 6.92 Å². The molecule has 0 saturated heterocycles. The molecule has 0 amide bonds. The van der Waals surface area contributed by atoms with Crippen LogP contribution in [0.4, 0.5) is 0 Å². The minimum Gasteiger partial charge on any atom is -0.481 e. The van der Waals surface area contributed by atoms with Crippen molar-refractivity contribution < 1.29 is 19.8 Å². The van der Waals surface area contributed by atoms with Gasteiger partial charge < -0.3 is 10.2 Å². The van der Waals surface area contributed by atoms with Crippen molar-refractivity contribution in [3.63, 3.8) is 0 Å². The summed E-state index contributed by atoms with van der Waals surface area (Å²) in [5.41, 5.74) is -0.600. The van der Waals surface area contributed by atoms with Crippen molar-refractivity contribution in [2.75, 3.05) is 6.61 Å². The lowest BCUT2D eigenvalue weighted by molar-refractivity contribution is -0.139. The van der Waals surface area contributed by atoms with Gasteiger partial charge in [-0.3, -0.25) is 9.59 Å². The molecule has 2 N–H and O–H groups in total.